The second kappa shape index (κ2) is 7.30. The number of nitro groups is 1. The van der Waals surface area contributed by atoms with E-state index in [2.05, 4.69) is 20.7 Å². The van der Waals surface area contributed by atoms with Gasteiger partial charge >= 0.3 is 0 Å². The van der Waals surface area contributed by atoms with Crippen LogP contribution < -0.4 is 10.6 Å². The van der Waals surface area contributed by atoms with Gasteiger partial charge in [0.15, 0.2) is 0 Å². The standard InChI is InChI=1S/C20H16Cl2N6O3/c21-12-3-1-2-11(6-12)17-18(28(30)31)16(8-27-10-23-9-24-27)26-20(17)14-5-4-13(22)7-15(14)25-19(20)29/h1-7,9-10,16-18,26H,8H2,(H,25,29)/t16-,17-,18+,20+/m0/s1. The third kappa shape index (κ3) is 3.08. The maximum absolute atomic E-state index is 13.4. The number of hydrogen-bond donors (Lipinski definition) is 2. The molecular formula is C20H16Cl2N6O3. The Hall–Kier alpha value is -3.01. The summed E-state index contributed by atoms with van der Waals surface area (Å²) < 4.78 is 1.51. The van der Waals surface area contributed by atoms with Crippen LogP contribution in [0.3, 0.4) is 0 Å². The van der Waals surface area contributed by atoms with Crippen molar-refractivity contribution in [2.75, 3.05) is 5.32 Å². The Kier molecular flexibility index (Phi) is 4.69. The van der Waals surface area contributed by atoms with Gasteiger partial charge in [-0.15, -0.1) is 0 Å². The van der Waals surface area contributed by atoms with Crippen molar-refractivity contribution >= 4 is 34.8 Å². The van der Waals surface area contributed by atoms with E-state index in [0.717, 1.165) is 0 Å². The van der Waals surface area contributed by atoms with Gasteiger partial charge in [-0.05, 0) is 29.8 Å². The van der Waals surface area contributed by atoms with Crippen molar-refractivity contribution in [2.45, 2.75) is 30.1 Å². The number of hydrogen-bond acceptors (Lipinski definition) is 6. The van der Waals surface area contributed by atoms with Crippen molar-refractivity contribution in [1.82, 2.24) is 20.1 Å². The molecule has 3 aromatic rings. The van der Waals surface area contributed by atoms with Gasteiger partial charge in [0.1, 0.15) is 18.2 Å². The molecule has 4 atom stereocenters. The summed E-state index contributed by atoms with van der Waals surface area (Å²) in [6, 6.07) is 10.1. The Labute approximate surface area is 186 Å². The number of amides is 1. The van der Waals surface area contributed by atoms with Crippen molar-refractivity contribution < 1.29 is 9.72 Å². The quantitative estimate of drug-likeness (QED) is 0.458. The molecule has 1 spiro atoms. The Morgan fingerprint density at radius 2 is 2.00 bits per heavy atom. The maximum atomic E-state index is 13.4. The first-order valence-corrected chi connectivity index (χ1v) is 10.3. The topological polar surface area (TPSA) is 115 Å². The van der Waals surface area contributed by atoms with E-state index in [-0.39, 0.29) is 17.4 Å². The summed E-state index contributed by atoms with van der Waals surface area (Å²) >= 11 is 12.4. The summed E-state index contributed by atoms with van der Waals surface area (Å²) in [5.41, 5.74) is 0.370. The fraction of sp³-hybridized carbons (Fsp3) is 0.250. The Morgan fingerprint density at radius 3 is 2.71 bits per heavy atom. The predicted octanol–water partition coefficient (Wildman–Crippen LogP) is 2.83. The second-order valence-corrected chi connectivity index (χ2v) is 8.50. The van der Waals surface area contributed by atoms with Gasteiger partial charge in [0.2, 0.25) is 11.9 Å². The SMILES string of the molecule is O=C1Nc2cc(Cl)ccc2[C@]12N[C@@H](Cn1cncn1)[C@@H]([N+](=O)[O-])[C@@H]2c1cccc(Cl)c1. The van der Waals surface area contributed by atoms with Gasteiger partial charge in [-0.1, -0.05) is 41.4 Å². The molecular weight excluding hydrogens is 443 g/mol. The van der Waals surface area contributed by atoms with Gasteiger partial charge in [-0.2, -0.15) is 5.10 Å². The molecule has 1 amide bonds. The van der Waals surface area contributed by atoms with Crippen LogP contribution >= 0.6 is 23.2 Å². The monoisotopic (exact) mass is 458 g/mol. The highest BCUT2D eigenvalue weighted by Gasteiger charge is 2.66. The van der Waals surface area contributed by atoms with Gasteiger partial charge < -0.3 is 5.32 Å². The molecule has 11 heteroatoms. The summed E-state index contributed by atoms with van der Waals surface area (Å²) in [6.07, 6.45) is 2.85. The molecule has 1 aromatic heterocycles. The van der Waals surface area contributed by atoms with Crippen LogP contribution in [0.15, 0.2) is 55.1 Å². The van der Waals surface area contributed by atoms with Crippen LogP contribution in [-0.4, -0.2) is 37.7 Å². The highest BCUT2D eigenvalue weighted by atomic mass is 35.5. The van der Waals surface area contributed by atoms with E-state index in [1.165, 1.54) is 17.3 Å². The van der Waals surface area contributed by atoms with E-state index in [9.17, 15) is 14.9 Å². The van der Waals surface area contributed by atoms with Crippen molar-refractivity contribution in [3.8, 4) is 0 Å². The third-order valence-electron chi connectivity index (χ3n) is 5.95. The van der Waals surface area contributed by atoms with Crippen LogP contribution in [0.5, 0.6) is 0 Å². The lowest BCUT2D eigenvalue weighted by atomic mass is 9.74. The van der Waals surface area contributed by atoms with Gasteiger partial charge in [-0.25, -0.2) is 4.98 Å². The first kappa shape index (κ1) is 19.9. The lowest BCUT2D eigenvalue weighted by Gasteiger charge is -2.29. The Balaban J connectivity index is 1.72. The number of carbonyl (C=O) groups excluding carboxylic acids is 1. The Morgan fingerprint density at radius 1 is 1.19 bits per heavy atom. The molecule has 0 bridgehead atoms. The van der Waals surface area contributed by atoms with Crippen LogP contribution in [0.1, 0.15) is 17.0 Å². The summed E-state index contributed by atoms with van der Waals surface area (Å²) in [5.74, 6) is -1.19. The molecule has 2 aliphatic heterocycles. The van der Waals surface area contributed by atoms with Crippen molar-refractivity contribution in [3.05, 3.63) is 86.4 Å². The molecule has 31 heavy (non-hydrogen) atoms. The molecule has 5 rings (SSSR count). The van der Waals surface area contributed by atoms with Crippen LogP contribution in [0.25, 0.3) is 0 Å². The van der Waals surface area contributed by atoms with Crippen LogP contribution in [0.2, 0.25) is 10.0 Å². The zero-order valence-corrected chi connectivity index (χ0v) is 17.4. The summed E-state index contributed by atoms with van der Waals surface area (Å²) in [5, 5.41) is 23.5. The zero-order chi connectivity index (χ0) is 21.8. The fourth-order valence-electron chi connectivity index (χ4n) is 4.81. The minimum absolute atomic E-state index is 0.167. The van der Waals surface area contributed by atoms with E-state index < -0.39 is 23.5 Å². The summed E-state index contributed by atoms with van der Waals surface area (Å²) in [4.78, 5) is 29.4. The maximum Gasteiger partial charge on any atom is 0.250 e. The molecule has 9 nitrogen and oxygen atoms in total. The number of benzene rings is 2. The molecule has 158 valence electrons. The van der Waals surface area contributed by atoms with Gasteiger partial charge in [-0.3, -0.25) is 24.9 Å². The highest BCUT2D eigenvalue weighted by molar-refractivity contribution is 6.31. The van der Waals surface area contributed by atoms with Crippen LogP contribution in [0, 0.1) is 10.1 Å². The normalized spacial score (nSPS) is 26.8. The minimum atomic E-state index is -1.37. The number of anilines is 1. The lowest BCUT2D eigenvalue weighted by molar-refractivity contribution is -0.527. The number of nitrogens with zero attached hydrogens (tertiary/aromatic N) is 4. The summed E-state index contributed by atoms with van der Waals surface area (Å²) in [6.45, 7) is 0.167. The van der Waals surface area contributed by atoms with Gasteiger partial charge in [0.05, 0.1) is 18.5 Å². The number of halogens is 2. The van der Waals surface area contributed by atoms with E-state index in [0.29, 0.717) is 26.9 Å². The molecule has 1 fully saturated rings. The largest absolute Gasteiger partial charge is 0.324 e. The Bertz CT molecular complexity index is 1190. The number of carbonyl (C=O) groups is 1. The van der Waals surface area contributed by atoms with E-state index in [1.54, 1.807) is 42.5 Å². The smallest absolute Gasteiger partial charge is 0.250 e. The molecule has 0 unspecified atom stereocenters. The van der Waals surface area contributed by atoms with E-state index in [1.807, 2.05) is 0 Å². The molecule has 0 radical (unpaired) electrons. The highest BCUT2D eigenvalue weighted by Crippen LogP contribution is 2.52. The summed E-state index contributed by atoms with van der Waals surface area (Å²) in [7, 11) is 0. The van der Waals surface area contributed by atoms with Crippen molar-refractivity contribution in [2.24, 2.45) is 0 Å². The van der Waals surface area contributed by atoms with E-state index >= 15 is 0 Å². The first-order chi connectivity index (χ1) is 14.9. The van der Waals surface area contributed by atoms with E-state index in [4.69, 9.17) is 23.2 Å². The van der Waals surface area contributed by atoms with Crippen molar-refractivity contribution in [3.63, 3.8) is 0 Å². The fourth-order valence-corrected chi connectivity index (χ4v) is 5.18. The first-order valence-electron chi connectivity index (χ1n) is 9.50. The van der Waals surface area contributed by atoms with Crippen LogP contribution in [-0.2, 0) is 16.9 Å². The average molecular weight is 459 g/mol. The molecule has 1 saturated heterocycles. The zero-order valence-electron chi connectivity index (χ0n) is 15.9. The number of nitrogens with one attached hydrogen (secondary N) is 2. The molecule has 3 heterocycles. The molecule has 2 aromatic carbocycles. The number of rotatable bonds is 4. The van der Waals surface area contributed by atoms with Crippen molar-refractivity contribution in [1.29, 1.82) is 0 Å². The second-order valence-electron chi connectivity index (χ2n) is 7.63. The molecule has 0 saturated carbocycles. The van der Waals surface area contributed by atoms with Gasteiger partial charge in [0.25, 0.3) is 0 Å². The number of fused-ring (bicyclic) bond motifs is 2. The number of aromatic nitrogens is 3. The lowest BCUT2D eigenvalue weighted by Crippen LogP contribution is -2.49. The molecule has 0 aliphatic carbocycles. The van der Waals surface area contributed by atoms with Crippen LogP contribution in [0.4, 0.5) is 5.69 Å². The average Bonchev–Trinajstić information content (AvgIpc) is 3.40. The molecule has 2 aliphatic rings. The van der Waals surface area contributed by atoms with Gasteiger partial charge in [0, 0.05) is 26.2 Å². The predicted molar refractivity (Wildman–Crippen MR) is 114 cm³/mol. The molecule has 2 N–H and O–H groups in total. The third-order valence-corrected chi connectivity index (χ3v) is 6.42. The minimum Gasteiger partial charge on any atom is -0.324 e.